The number of aromatic nitrogens is 1. The van der Waals surface area contributed by atoms with Crippen molar-refractivity contribution in [1.82, 2.24) is 9.71 Å². The smallest absolute Gasteiger partial charge is 0.241 e. The Balaban J connectivity index is 1.99. The van der Waals surface area contributed by atoms with Gasteiger partial charge in [-0.2, -0.15) is 0 Å². The van der Waals surface area contributed by atoms with Crippen molar-refractivity contribution in [2.75, 3.05) is 12.0 Å². The number of ether oxygens (including phenoxy) is 1. The van der Waals surface area contributed by atoms with Crippen molar-refractivity contribution in [1.29, 1.82) is 0 Å². The van der Waals surface area contributed by atoms with Crippen molar-refractivity contribution in [2.24, 2.45) is 5.84 Å². The molecule has 7 nitrogen and oxygen atoms in total. The van der Waals surface area contributed by atoms with Crippen molar-refractivity contribution in [3.8, 4) is 0 Å². The highest BCUT2D eigenvalue weighted by Crippen LogP contribution is 2.25. The number of hydrazine groups is 1. The Kier molecular flexibility index (Phi) is 4.35. The third kappa shape index (κ3) is 3.41. The minimum atomic E-state index is -3.53. The molecule has 8 heteroatoms. The summed E-state index contributed by atoms with van der Waals surface area (Å²) in [6.45, 7) is 2.58. The van der Waals surface area contributed by atoms with Gasteiger partial charge in [-0.1, -0.05) is 0 Å². The van der Waals surface area contributed by atoms with Gasteiger partial charge in [0.05, 0.1) is 11.0 Å². The maximum atomic E-state index is 12.1. The van der Waals surface area contributed by atoms with Crippen LogP contribution in [0.2, 0.25) is 0 Å². The van der Waals surface area contributed by atoms with Crippen LogP contribution in [0.5, 0.6) is 0 Å². The molecule has 0 atom stereocenters. The van der Waals surface area contributed by atoms with Crippen LogP contribution in [0, 0.1) is 0 Å². The molecule has 0 radical (unpaired) electrons. The second-order valence-electron chi connectivity index (χ2n) is 4.39. The zero-order valence-corrected chi connectivity index (χ0v) is 11.5. The number of nitrogens with two attached hydrogens (primary N) is 1. The number of nitrogen functional groups attached to an aromatic ring is 1. The maximum absolute atomic E-state index is 12.1. The van der Waals surface area contributed by atoms with Gasteiger partial charge in [-0.25, -0.2) is 24.0 Å². The van der Waals surface area contributed by atoms with E-state index in [0.29, 0.717) is 25.3 Å². The van der Waals surface area contributed by atoms with Crippen molar-refractivity contribution in [3.05, 3.63) is 18.3 Å². The molecular weight excluding hydrogens is 268 g/mol. The number of pyridine rings is 1. The van der Waals surface area contributed by atoms with E-state index >= 15 is 0 Å². The van der Waals surface area contributed by atoms with Crippen LogP contribution in [0.4, 0.5) is 5.82 Å². The van der Waals surface area contributed by atoms with Gasteiger partial charge < -0.3 is 10.2 Å². The maximum Gasteiger partial charge on any atom is 0.241 e. The first-order chi connectivity index (χ1) is 9.05. The summed E-state index contributed by atoms with van der Waals surface area (Å²) >= 11 is 0. The summed E-state index contributed by atoms with van der Waals surface area (Å²) < 4.78 is 32.3. The van der Waals surface area contributed by atoms with Crippen LogP contribution < -0.4 is 16.0 Å². The van der Waals surface area contributed by atoms with Crippen molar-refractivity contribution in [3.63, 3.8) is 0 Å². The number of nitrogens with one attached hydrogen (secondary N) is 2. The van der Waals surface area contributed by atoms with Gasteiger partial charge in [0.15, 0.2) is 0 Å². The average Bonchev–Trinajstić information content (AvgIpc) is 2.36. The van der Waals surface area contributed by atoms with E-state index in [2.05, 4.69) is 15.1 Å². The molecule has 0 spiro atoms. The lowest BCUT2D eigenvalue weighted by atomic mass is 9.90. The van der Waals surface area contributed by atoms with E-state index in [1.54, 1.807) is 0 Å². The third-order valence-electron chi connectivity index (χ3n) is 3.01. The number of hydrogen-bond donors (Lipinski definition) is 3. The van der Waals surface area contributed by atoms with E-state index in [9.17, 15) is 8.42 Å². The molecule has 0 aromatic carbocycles. The highest BCUT2D eigenvalue weighted by molar-refractivity contribution is 7.89. The first-order valence-electron chi connectivity index (χ1n) is 6.11. The lowest BCUT2D eigenvalue weighted by Crippen LogP contribution is -2.47. The summed E-state index contributed by atoms with van der Waals surface area (Å²) in [6.07, 6.45) is 2.98. The van der Waals surface area contributed by atoms with Crippen LogP contribution in [0.1, 0.15) is 19.8 Å². The monoisotopic (exact) mass is 286 g/mol. The zero-order chi connectivity index (χ0) is 13.9. The molecule has 0 amide bonds. The van der Waals surface area contributed by atoms with Gasteiger partial charge >= 0.3 is 0 Å². The second-order valence-corrected chi connectivity index (χ2v) is 6.10. The molecule has 106 valence electrons. The molecule has 1 aromatic heterocycles. The van der Waals surface area contributed by atoms with Gasteiger partial charge in [0.2, 0.25) is 10.0 Å². The molecule has 1 aliphatic rings. The molecule has 1 aliphatic carbocycles. The lowest BCUT2D eigenvalue weighted by Gasteiger charge is -2.35. The van der Waals surface area contributed by atoms with Crippen molar-refractivity contribution >= 4 is 15.8 Å². The highest BCUT2D eigenvalue weighted by atomic mass is 32.2. The highest BCUT2D eigenvalue weighted by Gasteiger charge is 2.33. The molecule has 2 rings (SSSR count). The fourth-order valence-electron chi connectivity index (χ4n) is 1.98. The fourth-order valence-corrected chi connectivity index (χ4v) is 3.25. The Morgan fingerprint density at radius 1 is 1.53 bits per heavy atom. The number of anilines is 1. The lowest BCUT2D eigenvalue weighted by molar-refractivity contribution is -0.00475. The molecule has 0 bridgehead atoms. The third-order valence-corrected chi connectivity index (χ3v) is 4.53. The summed E-state index contributed by atoms with van der Waals surface area (Å²) in [4.78, 5) is 4.02. The molecule has 1 saturated carbocycles. The van der Waals surface area contributed by atoms with E-state index in [1.807, 2.05) is 6.92 Å². The minimum Gasteiger partial charge on any atom is -0.378 e. The number of nitrogens with zero attached hydrogens (tertiary/aromatic N) is 1. The Morgan fingerprint density at radius 3 is 2.89 bits per heavy atom. The van der Waals surface area contributed by atoms with Gasteiger partial charge in [0.25, 0.3) is 0 Å². The van der Waals surface area contributed by atoms with Crippen LogP contribution in [-0.4, -0.2) is 32.2 Å². The normalized spacial score (nSPS) is 22.8. The van der Waals surface area contributed by atoms with Gasteiger partial charge in [0.1, 0.15) is 5.82 Å². The van der Waals surface area contributed by atoms with E-state index in [1.165, 1.54) is 18.3 Å². The molecule has 1 aromatic rings. The van der Waals surface area contributed by atoms with E-state index in [4.69, 9.17) is 10.6 Å². The Labute approximate surface area is 112 Å². The van der Waals surface area contributed by atoms with E-state index in [0.717, 1.165) is 0 Å². The van der Waals surface area contributed by atoms with Crippen LogP contribution in [0.25, 0.3) is 0 Å². The van der Waals surface area contributed by atoms with Gasteiger partial charge in [-0.3, -0.25) is 0 Å². The molecule has 0 aliphatic heterocycles. The fraction of sp³-hybridized carbons (Fsp3) is 0.545. The van der Waals surface area contributed by atoms with Crippen LogP contribution in [0.15, 0.2) is 23.2 Å². The Bertz CT molecular complexity index is 528. The zero-order valence-electron chi connectivity index (χ0n) is 10.7. The SMILES string of the molecule is CCOC1CC(NS(=O)(=O)c2ccnc(NN)c2)C1. The summed E-state index contributed by atoms with van der Waals surface area (Å²) in [7, 11) is -3.53. The largest absolute Gasteiger partial charge is 0.378 e. The van der Waals surface area contributed by atoms with Crippen molar-refractivity contribution in [2.45, 2.75) is 36.8 Å². The molecule has 19 heavy (non-hydrogen) atoms. The van der Waals surface area contributed by atoms with Crippen LogP contribution in [-0.2, 0) is 14.8 Å². The summed E-state index contributed by atoms with van der Waals surface area (Å²) in [5.74, 6) is 5.52. The average molecular weight is 286 g/mol. The molecule has 1 fully saturated rings. The molecular formula is C11H18N4O3S. The first kappa shape index (κ1) is 14.2. The standard InChI is InChI=1S/C11H18N4O3S/c1-2-18-9-5-8(6-9)15-19(16,17)10-3-4-13-11(7-10)14-12/h3-4,7-9,15H,2,5-6,12H2,1H3,(H,13,14). The predicted octanol–water partition coefficient (Wildman–Crippen LogP) is 0.213. The van der Waals surface area contributed by atoms with E-state index < -0.39 is 10.0 Å². The van der Waals surface area contributed by atoms with Crippen molar-refractivity contribution < 1.29 is 13.2 Å². The number of sulfonamides is 1. The molecule has 0 unspecified atom stereocenters. The summed E-state index contributed by atoms with van der Waals surface area (Å²) in [6, 6.07) is 2.76. The Morgan fingerprint density at radius 2 is 2.26 bits per heavy atom. The van der Waals surface area contributed by atoms with E-state index in [-0.39, 0.29) is 17.0 Å². The number of rotatable bonds is 6. The Hall–Kier alpha value is -1.22. The number of hydrogen-bond acceptors (Lipinski definition) is 6. The van der Waals surface area contributed by atoms with Gasteiger partial charge in [-0.05, 0) is 25.8 Å². The summed E-state index contributed by atoms with van der Waals surface area (Å²) in [5, 5.41) is 0. The van der Waals surface area contributed by atoms with Gasteiger partial charge in [0, 0.05) is 24.9 Å². The summed E-state index contributed by atoms with van der Waals surface area (Å²) in [5.41, 5.74) is 2.32. The van der Waals surface area contributed by atoms with Crippen LogP contribution >= 0.6 is 0 Å². The second kappa shape index (κ2) is 5.83. The molecule has 0 saturated heterocycles. The molecule has 4 N–H and O–H groups in total. The minimum absolute atomic E-state index is 0.0657. The quantitative estimate of drug-likeness (QED) is 0.510. The van der Waals surface area contributed by atoms with Crippen LogP contribution in [0.3, 0.4) is 0 Å². The van der Waals surface area contributed by atoms with Gasteiger partial charge in [-0.15, -0.1) is 0 Å². The predicted molar refractivity (Wildman–Crippen MR) is 70.8 cm³/mol. The topological polar surface area (TPSA) is 106 Å². The molecule has 1 heterocycles. The first-order valence-corrected chi connectivity index (χ1v) is 7.60.